The summed E-state index contributed by atoms with van der Waals surface area (Å²) in [5, 5.41) is 15.1. The van der Waals surface area contributed by atoms with Crippen molar-refractivity contribution in [3.05, 3.63) is 72.2 Å². The van der Waals surface area contributed by atoms with Gasteiger partial charge in [-0.3, -0.25) is 4.79 Å². The van der Waals surface area contributed by atoms with Gasteiger partial charge in [-0.25, -0.2) is 0 Å². The van der Waals surface area contributed by atoms with Crippen molar-refractivity contribution in [3.63, 3.8) is 0 Å². The number of fused-ring (bicyclic) bond motifs is 2. The van der Waals surface area contributed by atoms with Crippen molar-refractivity contribution in [2.24, 2.45) is 0 Å². The molecule has 2 aromatic carbocycles. The quantitative estimate of drug-likeness (QED) is 0.370. The number of hydrogen-bond acceptors (Lipinski definition) is 2. The maximum atomic E-state index is 13.0. The van der Waals surface area contributed by atoms with E-state index in [0.717, 1.165) is 27.5 Å². The molecule has 6 nitrogen and oxygen atoms in total. The fourth-order valence-corrected chi connectivity index (χ4v) is 3.79. The number of likely N-dealkylation sites (N-methyl/N-ethyl adjacent to an activating group) is 1. The van der Waals surface area contributed by atoms with Gasteiger partial charge >= 0.3 is 0 Å². The summed E-state index contributed by atoms with van der Waals surface area (Å²) < 4.78 is 0.484. The van der Waals surface area contributed by atoms with Crippen LogP contribution in [0.25, 0.3) is 27.9 Å². The Morgan fingerprint density at radius 1 is 1.17 bits per heavy atom. The van der Waals surface area contributed by atoms with E-state index in [1.165, 1.54) is 0 Å². The molecule has 0 aliphatic rings. The monoisotopic (exact) mass is 403 g/mol. The number of carbonyl (C=O) groups is 1. The van der Waals surface area contributed by atoms with E-state index < -0.39 is 0 Å². The largest absolute Gasteiger partial charge is 0.506 e. The molecule has 154 valence electrons. The Hall–Kier alpha value is -3.51. The van der Waals surface area contributed by atoms with Gasteiger partial charge in [0.15, 0.2) is 6.04 Å². The van der Waals surface area contributed by atoms with Gasteiger partial charge in [0.1, 0.15) is 5.75 Å². The van der Waals surface area contributed by atoms with E-state index in [1.54, 1.807) is 12.3 Å². The van der Waals surface area contributed by atoms with Gasteiger partial charge < -0.3 is 24.9 Å². The zero-order valence-electron chi connectivity index (χ0n) is 17.4. The molecule has 0 aliphatic carbocycles. The van der Waals surface area contributed by atoms with Crippen LogP contribution in [0, 0.1) is 0 Å². The Morgan fingerprint density at radius 3 is 2.73 bits per heavy atom. The number of amides is 1. The van der Waals surface area contributed by atoms with Gasteiger partial charge in [-0.05, 0) is 35.2 Å². The predicted octanol–water partition coefficient (Wildman–Crippen LogP) is 3.76. The molecule has 0 fully saturated rings. The number of hydrogen-bond donors (Lipinski definition) is 4. The minimum Gasteiger partial charge on any atom is -0.506 e. The summed E-state index contributed by atoms with van der Waals surface area (Å²) >= 11 is 0. The summed E-state index contributed by atoms with van der Waals surface area (Å²) in [6, 6.07) is 15.3. The average molecular weight is 404 g/mol. The van der Waals surface area contributed by atoms with Crippen molar-refractivity contribution in [2.75, 3.05) is 21.1 Å². The standard InChI is InChI=1S/C24H26N4O2/c1-28(2,3)21(14-17-15-26-23-19(17)8-6-10-22(23)29)24(30)25-12-11-18-13-16-7-4-5-9-20(16)27-18/h4-13,15,21,26-27H,14H2,1-3H3,(H-,25,29,30)/p+1/b12-11+/t21-/m0/s1. The highest BCUT2D eigenvalue weighted by molar-refractivity contribution is 5.89. The van der Waals surface area contributed by atoms with Gasteiger partial charge in [0.05, 0.1) is 26.7 Å². The normalized spacial score (nSPS) is 13.3. The SMILES string of the molecule is C[N+](C)(C)[C@@H](Cc1c[nH]c2c(O)cccc12)C(=O)N/C=C/c1cc2ccccc2[nH]1. The smallest absolute Gasteiger partial charge is 0.282 e. The van der Waals surface area contributed by atoms with Gasteiger partial charge in [-0.2, -0.15) is 0 Å². The molecule has 4 rings (SSSR count). The number of nitrogens with zero attached hydrogens (tertiary/aromatic N) is 1. The highest BCUT2D eigenvalue weighted by Crippen LogP contribution is 2.27. The summed E-state index contributed by atoms with van der Waals surface area (Å²) in [7, 11) is 6.04. The Labute approximate surface area is 175 Å². The van der Waals surface area contributed by atoms with Crippen molar-refractivity contribution in [2.45, 2.75) is 12.5 Å². The highest BCUT2D eigenvalue weighted by Gasteiger charge is 2.32. The first-order valence-corrected chi connectivity index (χ1v) is 9.96. The van der Waals surface area contributed by atoms with Crippen LogP contribution >= 0.6 is 0 Å². The van der Waals surface area contributed by atoms with Crippen molar-refractivity contribution >= 4 is 33.8 Å². The van der Waals surface area contributed by atoms with Gasteiger partial charge in [0.2, 0.25) is 0 Å². The number of para-hydroxylation sites is 2. The number of benzene rings is 2. The lowest BCUT2D eigenvalue weighted by molar-refractivity contribution is -0.886. The molecule has 2 aromatic heterocycles. The molecule has 0 aliphatic heterocycles. The Morgan fingerprint density at radius 2 is 1.97 bits per heavy atom. The van der Waals surface area contributed by atoms with Crippen LogP contribution in [-0.4, -0.2) is 52.6 Å². The summed E-state index contributed by atoms with van der Waals surface area (Å²) in [4.78, 5) is 19.5. The second-order valence-corrected chi connectivity index (χ2v) is 8.50. The first-order chi connectivity index (χ1) is 14.3. The molecule has 2 heterocycles. The third kappa shape index (κ3) is 3.95. The fourth-order valence-electron chi connectivity index (χ4n) is 3.79. The Bertz CT molecular complexity index is 1190. The van der Waals surface area contributed by atoms with E-state index in [0.29, 0.717) is 16.4 Å². The number of rotatable bonds is 6. The van der Waals surface area contributed by atoms with Crippen LogP contribution in [0.2, 0.25) is 0 Å². The van der Waals surface area contributed by atoms with E-state index in [4.69, 9.17) is 0 Å². The summed E-state index contributed by atoms with van der Waals surface area (Å²) in [5.74, 6) is 0.163. The third-order valence-electron chi connectivity index (χ3n) is 5.47. The van der Waals surface area contributed by atoms with Crippen LogP contribution in [-0.2, 0) is 11.2 Å². The molecule has 1 atom stereocenters. The molecular formula is C24H27N4O2+. The molecule has 4 aromatic rings. The molecule has 0 bridgehead atoms. The lowest BCUT2D eigenvalue weighted by atomic mass is 10.0. The lowest BCUT2D eigenvalue weighted by Crippen LogP contribution is -2.54. The molecule has 30 heavy (non-hydrogen) atoms. The number of phenols is 1. The maximum absolute atomic E-state index is 13.0. The van der Waals surface area contributed by atoms with Gasteiger partial charge in [-0.1, -0.05) is 30.3 Å². The molecule has 0 saturated heterocycles. The minimum absolute atomic E-state index is 0.0515. The number of aromatic nitrogens is 2. The van der Waals surface area contributed by atoms with Crippen LogP contribution in [0.15, 0.2) is 60.9 Å². The molecule has 0 radical (unpaired) electrons. The van der Waals surface area contributed by atoms with Gasteiger partial charge in [-0.15, -0.1) is 0 Å². The Kier molecular flexibility index (Phi) is 5.10. The van der Waals surface area contributed by atoms with Crippen molar-refractivity contribution in [1.29, 1.82) is 0 Å². The second kappa shape index (κ2) is 7.72. The number of H-pyrrole nitrogens is 2. The van der Waals surface area contributed by atoms with Crippen LogP contribution < -0.4 is 5.32 Å². The molecule has 4 N–H and O–H groups in total. The number of quaternary nitrogens is 1. The number of nitrogens with one attached hydrogen (secondary N) is 3. The number of phenolic OH excluding ortho intramolecular Hbond substituents is 1. The number of aromatic hydroxyl groups is 1. The molecule has 0 spiro atoms. The number of aromatic amines is 2. The zero-order chi connectivity index (χ0) is 21.3. The second-order valence-electron chi connectivity index (χ2n) is 8.50. The van der Waals surface area contributed by atoms with E-state index in [1.807, 2.05) is 75.9 Å². The van der Waals surface area contributed by atoms with Gasteiger partial charge in [0.25, 0.3) is 5.91 Å². The Balaban J connectivity index is 1.51. The minimum atomic E-state index is -0.293. The molecule has 6 heteroatoms. The van der Waals surface area contributed by atoms with Crippen LogP contribution in [0.3, 0.4) is 0 Å². The first kappa shape index (κ1) is 19.8. The lowest BCUT2D eigenvalue weighted by Gasteiger charge is -2.32. The fraction of sp³-hybridized carbons (Fsp3) is 0.208. The van der Waals surface area contributed by atoms with E-state index in [-0.39, 0.29) is 17.7 Å². The number of carbonyl (C=O) groups excluding carboxylic acids is 1. The van der Waals surface area contributed by atoms with Crippen molar-refractivity contribution in [3.8, 4) is 5.75 Å². The first-order valence-electron chi connectivity index (χ1n) is 9.96. The van der Waals surface area contributed by atoms with Crippen LogP contribution in [0.4, 0.5) is 0 Å². The summed E-state index contributed by atoms with van der Waals surface area (Å²) in [6.07, 6.45) is 5.99. The zero-order valence-corrected chi connectivity index (χ0v) is 17.4. The van der Waals surface area contributed by atoms with Crippen LogP contribution in [0.5, 0.6) is 5.75 Å². The van der Waals surface area contributed by atoms with Crippen molar-refractivity contribution in [1.82, 2.24) is 15.3 Å². The maximum Gasteiger partial charge on any atom is 0.282 e. The predicted molar refractivity (Wildman–Crippen MR) is 121 cm³/mol. The van der Waals surface area contributed by atoms with Crippen molar-refractivity contribution < 1.29 is 14.4 Å². The average Bonchev–Trinajstić information content (AvgIpc) is 3.29. The van der Waals surface area contributed by atoms with Gasteiger partial charge in [0, 0.05) is 35.4 Å². The molecular weight excluding hydrogens is 376 g/mol. The van der Waals surface area contributed by atoms with Crippen LogP contribution in [0.1, 0.15) is 11.3 Å². The highest BCUT2D eigenvalue weighted by atomic mass is 16.3. The van der Waals surface area contributed by atoms with E-state index in [9.17, 15) is 9.90 Å². The third-order valence-corrected chi connectivity index (χ3v) is 5.47. The molecule has 0 saturated carbocycles. The molecule has 1 amide bonds. The topological polar surface area (TPSA) is 80.9 Å². The van der Waals surface area contributed by atoms with E-state index >= 15 is 0 Å². The molecule has 0 unspecified atom stereocenters. The van der Waals surface area contributed by atoms with E-state index in [2.05, 4.69) is 15.3 Å². The summed E-state index contributed by atoms with van der Waals surface area (Å²) in [6.45, 7) is 0. The summed E-state index contributed by atoms with van der Waals surface area (Å²) in [5.41, 5.74) is 3.71.